The molecule has 0 aliphatic heterocycles. The highest BCUT2D eigenvalue weighted by Gasteiger charge is 2.69. The second-order valence-corrected chi connectivity index (χ2v) is 13.2. The fourth-order valence-corrected chi connectivity index (χ4v) is 8.32. The molecule has 0 radical (unpaired) electrons. The van der Waals surface area contributed by atoms with Crippen molar-refractivity contribution in [2.75, 3.05) is 0 Å². The molecule has 1 unspecified atom stereocenters. The molecule has 34 heavy (non-hydrogen) atoms. The lowest BCUT2D eigenvalue weighted by atomic mass is 9.45. The summed E-state index contributed by atoms with van der Waals surface area (Å²) in [4.78, 5) is 13.2. The molecule has 3 fully saturated rings. The van der Waals surface area contributed by atoms with Crippen LogP contribution >= 0.6 is 0 Å². The first kappa shape index (κ1) is 26.2. The van der Waals surface area contributed by atoms with Crippen LogP contribution in [-0.4, -0.2) is 71.5 Å². The topological polar surface area (TPSA) is 138 Å². The highest BCUT2D eigenvalue weighted by molar-refractivity contribution is 5.95. The Kier molecular flexibility index (Phi) is 6.24. The Morgan fingerprint density at radius 1 is 1.06 bits per heavy atom. The molecule has 0 aromatic carbocycles. The lowest BCUT2D eigenvalue weighted by Crippen LogP contribution is -2.62. The Hall–Kier alpha value is -0.830. The number of carbonyl (C=O) groups excluding carboxylic acids is 1. The molecule has 4 aliphatic rings. The number of fused-ring (bicyclic) bond motifs is 5. The summed E-state index contributed by atoms with van der Waals surface area (Å²) in [6.45, 7) is 8.96. The molecular formula is C27H44O7. The van der Waals surface area contributed by atoms with Crippen LogP contribution in [-0.2, 0) is 4.79 Å². The Bertz CT molecular complexity index is 860. The maximum absolute atomic E-state index is 13.2. The van der Waals surface area contributed by atoms with Gasteiger partial charge in [0, 0.05) is 11.3 Å². The number of allylic oxidation sites excluding steroid dienone is 1. The second kappa shape index (κ2) is 8.09. The summed E-state index contributed by atoms with van der Waals surface area (Å²) in [6, 6.07) is 0. The SMILES string of the molecule is CC(C)(O)CCC(O)[C@](C)(O)[C@H]1CC[C@@]2(O)C3=CC(=O)[C@@H]4C[C@@H](O)[C@@H](O)C[C@]4(C)[C@H]3CC[C@]12C. The van der Waals surface area contributed by atoms with Crippen molar-refractivity contribution in [3.05, 3.63) is 11.6 Å². The van der Waals surface area contributed by atoms with Crippen molar-refractivity contribution in [2.24, 2.45) is 28.6 Å². The Morgan fingerprint density at radius 3 is 2.32 bits per heavy atom. The van der Waals surface area contributed by atoms with Gasteiger partial charge in [-0.25, -0.2) is 0 Å². The first-order valence-corrected chi connectivity index (χ1v) is 12.9. The zero-order valence-corrected chi connectivity index (χ0v) is 21.3. The summed E-state index contributed by atoms with van der Waals surface area (Å²) in [5.74, 6) is -0.948. The Morgan fingerprint density at radius 2 is 1.71 bits per heavy atom. The summed E-state index contributed by atoms with van der Waals surface area (Å²) >= 11 is 0. The van der Waals surface area contributed by atoms with Gasteiger partial charge in [0.2, 0.25) is 0 Å². The molecule has 0 heterocycles. The van der Waals surface area contributed by atoms with Gasteiger partial charge < -0.3 is 30.6 Å². The molecule has 0 aromatic rings. The van der Waals surface area contributed by atoms with E-state index in [4.69, 9.17) is 0 Å². The van der Waals surface area contributed by atoms with E-state index in [1.807, 2.05) is 13.8 Å². The quantitative estimate of drug-likeness (QED) is 0.353. The normalized spacial score (nSPS) is 47.2. The van der Waals surface area contributed by atoms with Crippen molar-refractivity contribution >= 4 is 5.78 Å². The third kappa shape index (κ3) is 3.73. The molecule has 194 valence electrons. The van der Waals surface area contributed by atoms with Crippen LogP contribution in [0, 0.1) is 28.6 Å². The largest absolute Gasteiger partial charge is 0.390 e. The molecule has 10 atom stereocenters. The van der Waals surface area contributed by atoms with Crippen molar-refractivity contribution < 1.29 is 35.4 Å². The summed E-state index contributed by atoms with van der Waals surface area (Å²) in [7, 11) is 0. The zero-order valence-electron chi connectivity index (χ0n) is 21.3. The zero-order chi connectivity index (χ0) is 25.5. The number of hydrogen-bond acceptors (Lipinski definition) is 7. The molecule has 4 aliphatic carbocycles. The molecule has 6 N–H and O–H groups in total. The highest BCUT2D eigenvalue weighted by atomic mass is 16.3. The Labute approximate surface area is 202 Å². The third-order valence-electron chi connectivity index (χ3n) is 10.5. The standard InChI is InChI=1S/C27H44O7/c1-23(2,32)9-8-22(31)26(5,33)21-7-11-27(34)16-12-18(28)17-13-19(29)20(30)14-24(17,3)15(16)6-10-25(21,27)4/h12,15,17,19-22,29-34H,6-11,13-14H2,1-5H3/t15-,17-,19+,20-,21-,22?,24+,25+,26+,27+/m0/s1. The van der Waals surface area contributed by atoms with Gasteiger partial charge in [-0.05, 0) is 101 Å². The van der Waals surface area contributed by atoms with Gasteiger partial charge >= 0.3 is 0 Å². The van der Waals surface area contributed by atoms with Gasteiger partial charge in [0.15, 0.2) is 5.78 Å². The van der Waals surface area contributed by atoms with Crippen molar-refractivity contribution in [3.8, 4) is 0 Å². The molecule has 0 spiro atoms. The Balaban J connectivity index is 1.66. The lowest BCUT2D eigenvalue weighted by Gasteiger charge is -2.60. The minimum atomic E-state index is -1.46. The fraction of sp³-hybridized carbons (Fsp3) is 0.889. The van der Waals surface area contributed by atoms with E-state index >= 15 is 0 Å². The number of ketones is 1. The summed E-state index contributed by atoms with van der Waals surface area (Å²) in [5, 5.41) is 65.5. The van der Waals surface area contributed by atoms with Crippen LogP contribution in [0.25, 0.3) is 0 Å². The second-order valence-electron chi connectivity index (χ2n) is 13.2. The molecule has 0 saturated heterocycles. The van der Waals surface area contributed by atoms with Gasteiger partial charge in [0.1, 0.15) is 0 Å². The number of aliphatic hydroxyl groups is 6. The van der Waals surface area contributed by atoms with Gasteiger partial charge in [0.05, 0.1) is 35.1 Å². The van der Waals surface area contributed by atoms with E-state index in [9.17, 15) is 35.4 Å². The fourth-order valence-electron chi connectivity index (χ4n) is 8.32. The molecule has 4 rings (SSSR count). The van der Waals surface area contributed by atoms with Crippen LogP contribution in [0.1, 0.15) is 86.0 Å². The maximum Gasteiger partial charge on any atom is 0.159 e. The number of carbonyl (C=O) groups is 1. The van der Waals surface area contributed by atoms with Crippen LogP contribution in [0.4, 0.5) is 0 Å². The van der Waals surface area contributed by atoms with Crippen molar-refractivity contribution in [3.63, 3.8) is 0 Å². The van der Waals surface area contributed by atoms with E-state index in [1.54, 1.807) is 26.8 Å². The van der Waals surface area contributed by atoms with Crippen LogP contribution in [0.5, 0.6) is 0 Å². The molecule has 3 saturated carbocycles. The van der Waals surface area contributed by atoms with E-state index in [-0.39, 0.29) is 36.4 Å². The van der Waals surface area contributed by atoms with Gasteiger partial charge in [-0.15, -0.1) is 0 Å². The van der Waals surface area contributed by atoms with Crippen LogP contribution in [0.3, 0.4) is 0 Å². The van der Waals surface area contributed by atoms with E-state index in [1.165, 1.54) is 0 Å². The van der Waals surface area contributed by atoms with E-state index in [0.717, 1.165) is 0 Å². The monoisotopic (exact) mass is 480 g/mol. The van der Waals surface area contributed by atoms with Crippen LogP contribution in [0.2, 0.25) is 0 Å². The van der Waals surface area contributed by atoms with E-state index in [2.05, 4.69) is 0 Å². The molecule has 7 nitrogen and oxygen atoms in total. The number of rotatable bonds is 5. The van der Waals surface area contributed by atoms with Gasteiger partial charge in [-0.3, -0.25) is 4.79 Å². The van der Waals surface area contributed by atoms with Crippen molar-refractivity contribution in [1.29, 1.82) is 0 Å². The molecular weight excluding hydrogens is 436 g/mol. The predicted octanol–water partition coefficient (Wildman–Crippen LogP) is 1.85. The van der Waals surface area contributed by atoms with E-state index < -0.39 is 45.9 Å². The average molecular weight is 481 g/mol. The van der Waals surface area contributed by atoms with Gasteiger partial charge in [0.25, 0.3) is 0 Å². The predicted molar refractivity (Wildman–Crippen MR) is 127 cm³/mol. The first-order valence-electron chi connectivity index (χ1n) is 12.9. The number of hydrogen-bond donors (Lipinski definition) is 6. The summed E-state index contributed by atoms with van der Waals surface area (Å²) in [6.07, 6.45) is 2.11. The summed E-state index contributed by atoms with van der Waals surface area (Å²) in [5.41, 5.74) is -4.27. The van der Waals surface area contributed by atoms with Gasteiger partial charge in [-0.1, -0.05) is 13.8 Å². The molecule has 0 aromatic heterocycles. The number of aliphatic hydroxyl groups excluding tert-OH is 3. The lowest BCUT2D eigenvalue weighted by molar-refractivity contribution is -0.177. The van der Waals surface area contributed by atoms with Crippen molar-refractivity contribution in [2.45, 2.75) is 121 Å². The van der Waals surface area contributed by atoms with Crippen molar-refractivity contribution in [1.82, 2.24) is 0 Å². The van der Waals surface area contributed by atoms with Gasteiger partial charge in [-0.2, -0.15) is 0 Å². The van der Waals surface area contributed by atoms with Crippen LogP contribution < -0.4 is 0 Å². The highest BCUT2D eigenvalue weighted by Crippen LogP contribution is 2.68. The minimum Gasteiger partial charge on any atom is -0.390 e. The average Bonchev–Trinajstić information content (AvgIpc) is 3.00. The van der Waals surface area contributed by atoms with Crippen LogP contribution in [0.15, 0.2) is 11.6 Å². The minimum absolute atomic E-state index is 0.0840. The third-order valence-corrected chi connectivity index (χ3v) is 10.5. The molecule has 0 amide bonds. The molecule has 7 heteroatoms. The van der Waals surface area contributed by atoms with E-state index in [0.29, 0.717) is 44.1 Å². The molecule has 0 bridgehead atoms. The smallest absolute Gasteiger partial charge is 0.159 e. The first-order chi connectivity index (χ1) is 15.5. The summed E-state index contributed by atoms with van der Waals surface area (Å²) < 4.78 is 0. The maximum atomic E-state index is 13.2.